The maximum Gasteiger partial charge on any atom is 0.0683 e. The Hall–Kier alpha value is -1.65. The number of hydrogen-bond donors (Lipinski definition) is 2. The lowest BCUT2D eigenvalue weighted by molar-refractivity contribution is 0.117. The fourth-order valence-corrected chi connectivity index (χ4v) is 2.18. The van der Waals surface area contributed by atoms with Crippen molar-refractivity contribution in [2.45, 2.75) is 25.9 Å². The number of ether oxygens (including phenoxy) is 1. The van der Waals surface area contributed by atoms with E-state index < -0.39 is 0 Å². The third-order valence-electron chi connectivity index (χ3n) is 3.45. The van der Waals surface area contributed by atoms with Gasteiger partial charge in [-0.1, -0.05) is 30.3 Å². The van der Waals surface area contributed by atoms with Crippen LogP contribution in [0.15, 0.2) is 36.5 Å². The van der Waals surface area contributed by atoms with Crippen LogP contribution in [0.2, 0.25) is 0 Å². The Morgan fingerprint density at radius 1 is 1.32 bits per heavy atom. The molecule has 0 aliphatic heterocycles. The summed E-state index contributed by atoms with van der Waals surface area (Å²) in [5, 5.41) is 10.6. The van der Waals surface area contributed by atoms with Gasteiger partial charge < -0.3 is 10.1 Å². The Morgan fingerprint density at radius 3 is 2.63 bits per heavy atom. The molecule has 0 saturated heterocycles. The van der Waals surface area contributed by atoms with E-state index in [4.69, 9.17) is 4.74 Å². The number of H-pyrrole nitrogens is 1. The van der Waals surface area contributed by atoms with Gasteiger partial charge >= 0.3 is 0 Å². The lowest BCUT2D eigenvalue weighted by atomic mass is 9.92. The zero-order chi connectivity index (χ0) is 13.7. The Balaban J connectivity index is 2.14. The molecule has 0 aliphatic carbocycles. The molecular formula is C15H21N3O. The maximum atomic E-state index is 5.38. The molecule has 19 heavy (non-hydrogen) atoms. The van der Waals surface area contributed by atoms with Crippen molar-refractivity contribution in [3.05, 3.63) is 53.3 Å². The molecule has 2 rings (SSSR count). The topological polar surface area (TPSA) is 49.9 Å². The summed E-state index contributed by atoms with van der Waals surface area (Å²) in [6, 6.07) is 10.4. The van der Waals surface area contributed by atoms with Gasteiger partial charge in [0.2, 0.25) is 0 Å². The van der Waals surface area contributed by atoms with Crippen molar-refractivity contribution in [3.8, 4) is 0 Å². The van der Waals surface area contributed by atoms with Gasteiger partial charge in [-0.15, -0.1) is 0 Å². The second-order valence-electron chi connectivity index (χ2n) is 5.00. The van der Waals surface area contributed by atoms with Gasteiger partial charge in [-0.05, 0) is 19.4 Å². The van der Waals surface area contributed by atoms with Crippen molar-refractivity contribution in [2.24, 2.45) is 0 Å². The summed E-state index contributed by atoms with van der Waals surface area (Å²) >= 11 is 0. The Bertz CT molecular complexity index is 509. The van der Waals surface area contributed by atoms with Crippen molar-refractivity contribution < 1.29 is 4.74 Å². The highest BCUT2D eigenvalue weighted by molar-refractivity contribution is 5.24. The van der Waals surface area contributed by atoms with E-state index in [-0.39, 0.29) is 5.54 Å². The van der Waals surface area contributed by atoms with E-state index in [0.29, 0.717) is 6.61 Å². The molecule has 0 radical (unpaired) electrons. The Kier molecular flexibility index (Phi) is 4.35. The average Bonchev–Trinajstić information content (AvgIpc) is 2.83. The van der Waals surface area contributed by atoms with Crippen LogP contribution in [0.1, 0.15) is 23.7 Å². The van der Waals surface area contributed by atoms with Gasteiger partial charge in [0.15, 0.2) is 0 Å². The first kappa shape index (κ1) is 13.8. The van der Waals surface area contributed by atoms with Gasteiger partial charge in [0.05, 0.1) is 18.3 Å². The zero-order valence-electron chi connectivity index (χ0n) is 11.7. The number of aromatic amines is 1. The fraction of sp³-hybridized carbons (Fsp3) is 0.400. The first-order valence-electron chi connectivity index (χ1n) is 6.44. The third-order valence-corrected chi connectivity index (χ3v) is 3.45. The van der Waals surface area contributed by atoms with E-state index in [1.54, 1.807) is 7.11 Å². The zero-order valence-corrected chi connectivity index (χ0v) is 11.7. The van der Waals surface area contributed by atoms with Crippen LogP contribution in [-0.4, -0.2) is 23.9 Å². The minimum absolute atomic E-state index is 0.209. The van der Waals surface area contributed by atoms with Crippen molar-refractivity contribution in [3.63, 3.8) is 0 Å². The van der Waals surface area contributed by atoms with Gasteiger partial charge in [0.1, 0.15) is 0 Å². The first-order valence-corrected chi connectivity index (χ1v) is 6.44. The van der Waals surface area contributed by atoms with E-state index in [1.807, 2.05) is 31.3 Å². The molecule has 0 saturated carbocycles. The smallest absolute Gasteiger partial charge is 0.0683 e. The second kappa shape index (κ2) is 5.99. The van der Waals surface area contributed by atoms with Crippen LogP contribution < -0.4 is 5.32 Å². The number of hydrogen-bond acceptors (Lipinski definition) is 3. The van der Waals surface area contributed by atoms with E-state index >= 15 is 0 Å². The number of aromatic nitrogens is 2. The summed E-state index contributed by atoms with van der Waals surface area (Å²) in [5.74, 6) is 0. The molecule has 2 aromatic rings. The highest BCUT2D eigenvalue weighted by Crippen LogP contribution is 2.21. The molecule has 1 unspecified atom stereocenters. The summed E-state index contributed by atoms with van der Waals surface area (Å²) in [7, 11) is 1.73. The van der Waals surface area contributed by atoms with E-state index in [0.717, 1.165) is 12.2 Å². The minimum Gasteiger partial charge on any atom is -0.382 e. The molecule has 4 heteroatoms. The number of rotatable bonds is 6. The predicted molar refractivity (Wildman–Crippen MR) is 75.8 cm³/mol. The Labute approximate surface area is 114 Å². The van der Waals surface area contributed by atoms with Gasteiger partial charge in [0.25, 0.3) is 0 Å². The first-order chi connectivity index (χ1) is 9.15. The van der Waals surface area contributed by atoms with Crippen molar-refractivity contribution in [1.29, 1.82) is 0 Å². The summed E-state index contributed by atoms with van der Waals surface area (Å²) in [6.45, 7) is 5.56. The highest BCUT2D eigenvalue weighted by atomic mass is 16.5. The number of nitrogens with zero attached hydrogens (tertiary/aromatic N) is 1. The van der Waals surface area contributed by atoms with E-state index in [9.17, 15) is 0 Å². The maximum absolute atomic E-state index is 5.38. The van der Waals surface area contributed by atoms with Crippen LogP contribution in [0.3, 0.4) is 0 Å². The van der Waals surface area contributed by atoms with Gasteiger partial charge in [-0.2, -0.15) is 5.10 Å². The van der Waals surface area contributed by atoms with Crippen molar-refractivity contribution >= 4 is 0 Å². The Morgan fingerprint density at radius 2 is 2.05 bits per heavy atom. The van der Waals surface area contributed by atoms with Gasteiger partial charge in [-0.3, -0.25) is 5.10 Å². The van der Waals surface area contributed by atoms with Crippen LogP contribution >= 0.6 is 0 Å². The van der Waals surface area contributed by atoms with Crippen LogP contribution in [-0.2, 0) is 16.8 Å². The quantitative estimate of drug-likeness (QED) is 0.837. The standard InChI is InChI=1S/C15H21N3O/c1-12-13(10-17-18-12)9-16-15(2,11-19-3)14-7-5-4-6-8-14/h4-8,10,16H,9,11H2,1-3H3,(H,17,18). The molecule has 1 atom stereocenters. The molecule has 0 aliphatic rings. The molecule has 1 heterocycles. The summed E-state index contributed by atoms with van der Waals surface area (Å²) in [4.78, 5) is 0. The SMILES string of the molecule is COCC(C)(NCc1cn[nH]c1C)c1ccccc1. The van der Waals surface area contributed by atoms with Crippen LogP contribution in [0.5, 0.6) is 0 Å². The van der Waals surface area contributed by atoms with E-state index in [1.165, 1.54) is 11.1 Å². The van der Waals surface area contributed by atoms with Crippen LogP contribution in [0, 0.1) is 6.92 Å². The second-order valence-corrected chi connectivity index (χ2v) is 5.00. The molecule has 0 fully saturated rings. The molecule has 0 bridgehead atoms. The number of nitrogens with one attached hydrogen (secondary N) is 2. The molecule has 4 nitrogen and oxygen atoms in total. The van der Waals surface area contributed by atoms with Crippen molar-refractivity contribution in [1.82, 2.24) is 15.5 Å². The monoisotopic (exact) mass is 259 g/mol. The predicted octanol–water partition coefficient (Wildman–Crippen LogP) is 2.37. The van der Waals surface area contributed by atoms with Gasteiger partial charge in [0, 0.05) is 24.9 Å². The molecular weight excluding hydrogens is 238 g/mol. The number of benzene rings is 1. The highest BCUT2D eigenvalue weighted by Gasteiger charge is 2.26. The normalized spacial score (nSPS) is 14.3. The minimum atomic E-state index is -0.209. The molecule has 1 aromatic heterocycles. The van der Waals surface area contributed by atoms with Crippen LogP contribution in [0.4, 0.5) is 0 Å². The summed E-state index contributed by atoms with van der Waals surface area (Å²) in [6.07, 6.45) is 1.86. The lowest BCUT2D eigenvalue weighted by Gasteiger charge is -2.31. The molecule has 2 N–H and O–H groups in total. The van der Waals surface area contributed by atoms with Crippen molar-refractivity contribution in [2.75, 3.05) is 13.7 Å². The third kappa shape index (κ3) is 3.22. The molecule has 1 aromatic carbocycles. The number of aryl methyl sites for hydroxylation is 1. The van der Waals surface area contributed by atoms with Crippen LogP contribution in [0.25, 0.3) is 0 Å². The lowest BCUT2D eigenvalue weighted by Crippen LogP contribution is -2.43. The largest absolute Gasteiger partial charge is 0.382 e. The molecule has 0 amide bonds. The fourth-order valence-electron chi connectivity index (χ4n) is 2.18. The van der Waals surface area contributed by atoms with Gasteiger partial charge in [-0.25, -0.2) is 0 Å². The molecule has 0 spiro atoms. The summed E-state index contributed by atoms with van der Waals surface area (Å²) < 4.78 is 5.38. The average molecular weight is 259 g/mol. The number of methoxy groups -OCH3 is 1. The molecule has 102 valence electrons. The summed E-state index contributed by atoms with van der Waals surface area (Å²) in [5.41, 5.74) is 3.29. The van der Waals surface area contributed by atoms with E-state index in [2.05, 4.69) is 34.6 Å².